The fourth-order valence-corrected chi connectivity index (χ4v) is 3.75. The zero-order valence-corrected chi connectivity index (χ0v) is 15.9. The van der Waals surface area contributed by atoms with Gasteiger partial charge in [0.2, 0.25) is 0 Å². The number of amides is 1. The molecule has 1 aromatic heterocycles. The number of likely N-dealkylation sites (N-methyl/N-ethyl adjacent to an activating group) is 1. The van der Waals surface area contributed by atoms with Crippen molar-refractivity contribution in [3.8, 4) is 0 Å². The number of aromatic nitrogens is 1. The average Bonchev–Trinajstić information content (AvgIpc) is 2.88. The van der Waals surface area contributed by atoms with Gasteiger partial charge in [-0.1, -0.05) is 36.8 Å². The quantitative estimate of drug-likeness (QED) is 0.855. The molecule has 1 aromatic carbocycles. The van der Waals surface area contributed by atoms with Crippen molar-refractivity contribution in [1.82, 2.24) is 14.4 Å². The summed E-state index contributed by atoms with van der Waals surface area (Å²) in [5, 5.41) is 0. The third-order valence-electron chi connectivity index (χ3n) is 5.23. The monoisotopic (exact) mass is 339 g/mol. The van der Waals surface area contributed by atoms with Crippen LogP contribution >= 0.6 is 0 Å². The fraction of sp³-hybridized carbons (Fsp3) is 0.476. The Morgan fingerprint density at radius 1 is 1.04 bits per heavy atom. The van der Waals surface area contributed by atoms with Crippen LogP contribution in [0.1, 0.15) is 39.8 Å². The largest absolute Gasteiger partial charge is 0.336 e. The second kappa shape index (κ2) is 7.44. The van der Waals surface area contributed by atoms with Gasteiger partial charge in [0.25, 0.3) is 5.91 Å². The molecule has 1 aliphatic heterocycles. The predicted octanol–water partition coefficient (Wildman–Crippen LogP) is 3.24. The molecule has 25 heavy (non-hydrogen) atoms. The minimum atomic E-state index is 0.175. The number of hydrogen-bond acceptors (Lipinski definition) is 2. The fourth-order valence-electron chi connectivity index (χ4n) is 3.75. The molecule has 1 saturated heterocycles. The number of hydrogen-bond donors (Lipinski definition) is 0. The third-order valence-corrected chi connectivity index (χ3v) is 5.23. The molecular formula is C21H29N3O. The molecule has 0 spiro atoms. The molecule has 1 amide bonds. The Labute approximate surface area is 151 Å². The molecule has 3 rings (SSSR count). The van der Waals surface area contributed by atoms with E-state index in [1.807, 2.05) is 4.90 Å². The van der Waals surface area contributed by atoms with Gasteiger partial charge in [-0.2, -0.15) is 0 Å². The lowest BCUT2D eigenvalue weighted by atomic mass is 10.1. The maximum absolute atomic E-state index is 13.2. The summed E-state index contributed by atoms with van der Waals surface area (Å²) in [7, 11) is 0. The van der Waals surface area contributed by atoms with Crippen LogP contribution in [0.25, 0.3) is 0 Å². The van der Waals surface area contributed by atoms with Crippen LogP contribution in [0.2, 0.25) is 0 Å². The molecule has 1 aliphatic rings. The van der Waals surface area contributed by atoms with Crippen LogP contribution < -0.4 is 0 Å². The van der Waals surface area contributed by atoms with Crippen molar-refractivity contribution in [2.45, 2.75) is 34.2 Å². The molecule has 0 unspecified atom stereocenters. The van der Waals surface area contributed by atoms with E-state index in [0.29, 0.717) is 0 Å². The maximum atomic E-state index is 13.2. The number of carbonyl (C=O) groups is 1. The van der Waals surface area contributed by atoms with E-state index in [9.17, 15) is 4.79 Å². The van der Waals surface area contributed by atoms with E-state index in [2.05, 4.69) is 67.5 Å². The number of aryl methyl sites for hydroxylation is 3. The normalized spacial score (nSPS) is 15.6. The van der Waals surface area contributed by atoms with Crippen molar-refractivity contribution in [3.05, 3.63) is 58.4 Å². The number of benzene rings is 1. The van der Waals surface area contributed by atoms with Gasteiger partial charge in [0.1, 0.15) is 5.69 Å². The van der Waals surface area contributed by atoms with E-state index < -0.39 is 0 Å². The Morgan fingerprint density at radius 2 is 1.76 bits per heavy atom. The highest BCUT2D eigenvalue weighted by Gasteiger charge is 2.26. The summed E-state index contributed by atoms with van der Waals surface area (Å²) < 4.78 is 2.18. The van der Waals surface area contributed by atoms with Crippen molar-refractivity contribution in [1.29, 1.82) is 0 Å². The summed E-state index contributed by atoms with van der Waals surface area (Å²) in [5.41, 5.74) is 5.57. The second-order valence-electron chi connectivity index (χ2n) is 7.12. The Morgan fingerprint density at radius 3 is 2.40 bits per heavy atom. The lowest BCUT2D eigenvalue weighted by Gasteiger charge is -2.34. The lowest BCUT2D eigenvalue weighted by molar-refractivity contribution is 0.0632. The molecule has 4 nitrogen and oxygen atoms in total. The highest BCUT2D eigenvalue weighted by molar-refractivity contribution is 5.94. The van der Waals surface area contributed by atoms with Gasteiger partial charge in [0.15, 0.2) is 0 Å². The maximum Gasteiger partial charge on any atom is 0.270 e. The predicted molar refractivity (Wildman–Crippen MR) is 102 cm³/mol. The molecule has 0 radical (unpaired) electrons. The summed E-state index contributed by atoms with van der Waals surface area (Å²) in [6.07, 6.45) is 0. The minimum Gasteiger partial charge on any atom is -0.336 e. The first-order valence-corrected chi connectivity index (χ1v) is 9.23. The molecular weight excluding hydrogens is 310 g/mol. The lowest BCUT2D eigenvalue weighted by Crippen LogP contribution is -2.49. The van der Waals surface area contributed by atoms with Crippen LogP contribution in [0.5, 0.6) is 0 Å². The van der Waals surface area contributed by atoms with Crippen LogP contribution in [0, 0.1) is 20.8 Å². The zero-order chi connectivity index (χ0) is 18.0. The van der Waals surface area contributed by atoms with Crippen LogP contribution in [-0.4, -0.2) is 53.0 Å². The smallest absolute Gasteiger partial charge is 0.270 e. The van der Waals surface area contributed by atoms with Crippen LogP contribution in [0.3, 0.4) is 0 Å². The number of rotatable bonds is 4. The summed E-state index contributed by atoms with van der Waals surface area (Å²) in [5.74, 6) is 0.175. The van der Waals surface area contributed by atoms with E-state index in [4.69, 9.17) is 0 Å². The summed E-state index contributed by atoms with van der Waals surface area (Å²) in [6.45, 7) is 13.8. The molecule has 0 saturated carbocycles. The average molecular weight is 339 g/mol. The molecule has 1 fully saturated rings. The molecule has 2 heterocycles. The zero-order valence-electron chi connectivity index (χ0n) is 15.9. The van der Waals surface area contributed by atoms with E-state index in [1.165, 1.54) is 11.1 Å². The molecule has 0 atom stereocenters. The van der Waals surface area contributed by atoms with Crippen LogP contribution in [0.15, 0.2) is 30.3 Å². The minimum absolute atomic E-state index is 0.175. The molecule has 4 heteroatoms. The van der Waals surface area contributed by atoms with Gasteiger partial charge in [-0.05, 0) is 44.5 Å². The van der Waals surface area contributed by atoms with Crippen molar-refractivity contribution in [3.63, 3.8) is 0 Å². The van der Waals surface area contributed by atoms with Gasteiger partial charge < -0.3 is 14.4 Å². The van der Waals surface area contributed by atoms with Gasteiger partial charge in [0, 0.05) is 38.4 Å². The van der Waals surface area contributed by atoms with E-state index in [0.717, 1.165) is 56.2 Å². The van der Waals surface area contributed by atoms with Crippen molar-refractivity contribution >= 4 is 5.91 Å². The number of piperazine rings is 1. The topological polar surface area (TPSA) is 28.5 Å². The first kappa shape index (κ1) is 17.7. The summed E-state index contributed by atoms with van der Waals surface area (Å²) >= 11 is 0. The SMILES string of the molecule is CCN1CCN(C(=O)c2c(C)cc(C)n2Cc2cccc(C)c2)CC1. The van der Waals surface area contributed by atoms with Crippen molar-refractivity contribution < 1.29 is 4.79 Å². The second-order valence-corrected chi connectivity index (χ2v) is 7.12. The van der Waals surface area contributed by atoms with Gasteiger partial charge in [-0.25, -0.2) is 0 Å². The Hall–Kier alpha value is -2.07. The Kier molecular flexibility index (Phi) is 5.28. The first-order valence-electron chi connectivity index (χ1n) is 9.23. The molecule has 134 valence electrons. The molecule has 0 aliphatic carbocycles. The molecule has 0 N–H and O–H groups in total. The summed E-state index contributed by atoms with van der Waals surface area (Å²) in [6, 6.07) is 10.7. The Balaban J connectivity index is 1.85. The highest BCUT2D eigenvalue weighted by atomic mass is 16.2. The van der Waals surface area contributed by atoms with E-state index in [1.54, 1.807) is 0 Å². The van der Waals surface area contributed by atoms with E-state index in [-0.39, 0.29) is 5.91 Å². The van der Waals surface area contributed by atoms with E-state index >= 15 is 0 Å². The van der Waals surface area contributed by atoms with Crippen LogP contribution in [0.4, 0.5) is 0 Å². The highest BCUT2D eigenvalue weighted by Crippen LogP contribution is 2.20. The first-order chi connectivity index (χ1) is 12.0. The van der Waals surface area contributed by atoms with Gasteiger partial charge in [-0.15, -0.1) is 0 Å². The number of nitrogens with zero attached hydrogens (tertiary/aromatic N) is 3. The molecule has 0 bridgehead atoms. The van der Waals surface area contributed by atoms with Crippen molar-refractivity contribution in [2.24, 2.45) is 0 Å². The van der Waals surface area contributed by atoms with Gasteiger partial charge >= 0.3 is 0 Å². The van der Waals surface area contributed by atoms with Gasteiger partial charge in [0.05, 0.1) is 0 Å². The third kappa shape index (κ3) is 3.79. The number of carbonyl (C=O) groups excluding carboxylic acids is 1. The van der Waals surface area contributed by atoms with Gasteiger partial charge in [-0.3, -0.25) is 4.79 Å². The molecule has 2 aromatic rings. The van der Waals surface area contributed by atoms with Crippen LogP contribution in [-0.2, 0) is 6.54 Å². The van der Waals surface area contributed by atoms with Crippen molar-refractivity contribution in [2.75, 3.05) is 32.7 Å². The standard InChI is InChI=1S/C21H29N3O/c1-5-22-9-11-23(12-10-22)21(25)20-17(3)14-18(4)24(20)15-19-8-6-7-16(2)13-19/h6-8,13-14H,5,9-12,15H2,1-4H3. The Bertz CT molecular complexity index is 754. The summed E-state index contributed by atoms with van der Waals surface area (Å²) in [4.78, 5) is 17.6.